The van der Waals surface area contributed by atoms with E-state index in [0.717, 1.165) is 54.8 Å². The third-order valence-corrected chi connectivity index (χ3v) is 6.44. The highest BCUT2D eigenvalue weighted by atomic mass is 32.2. The molecule has 0 spiro atoms. The molecule has 27 heavy (non-hydrogen) atoms. The maximum Gasteiger partial charge on any atom is 0.162 e. The SMILES string of the molecule is Fc1ccc(F)c([C@H]2CCCN2c2ccn3ncc([C@@H]4NCCS4)c3n2)c1. The Hall–Kier alpha value is -2.19. The van der Waals surface area contributed by atoms with Gasteiger partial charge in [0.1, 0.15) is 17.5 Å². The Kier molecular flexibility index (Phi) is 4.24. The van der Waals surface area contributed by atoms with Crippen molar-refractivity contribution in [2.45, 2.75) is 24.3 Å². The van der Waals surface area contributed by atoms with Crippen LogP contribution in [0, 0.1) is 11.6 Å². The molecule has 0 unspecified atom stereocenters. The van der Waals surface area contributed by atoms with Crippen molar-refractivity contribution in [2.75, 3.05) is 23.7 Å². The molecule has 2 atom stereocenters. The quantitative estimate of drug-likeness (QED) is 0.743. The maximum atomic E-state index is 14.3. The molecule has 3 aromatic rings. The summed E-state index contributed by atoms with van der Waals surface area (Å²) in [4.78, 5) is 6.92. The maximum absolute atomic E-state index is 14.3. The van der Waals surface area contributed by atoms with Gasteiger partial charge in [-0.1, -0.05) is 0 Å². The summed E-state index contributed by atoms with van der Waals surface area (Å²) < 4.78 is 29.8. The van der Waals surface area contributed by atoms with Crippen molar-refractivity contribution in [2.24, 2.45) is 0 Å². The summed E-state index contributed by atoms with van der Waals surface area (Å²) in [6, 6.07) is 5.36. The number of benzene rings is 1. The summed E-state index contributed by atoms with van der Waals surface area (Å²) in [5.41, 5.74) is 2.27. The first-order chi connectivity index (χ1) is 13.2. The van der Waals surface area contributed by atoms with E-state index in [0.29, 0.717) is 5.56 Å². The molecular formula is C19H19F2N5S. The van der Waals surface area contributed by atoms with Crippen LogP contribution in [0.3, 0.4) is 0 Å². The van der Waals surface area contributed by atoms with Crippen LogP contribution < -0.4 is 10.2 Å². The van der Waals surface area contributed by atoms with Crippen LogP contribution in [-0.2, 0) is 0 Å². The van der Waals surface area contributed by atoms with Gasteiger partial charge < -0.3 is 10.2 Å². The molecule has 2 aromatic heterocycles. The second-order valence-corrected chi connectivity index (χ2v) is 8.09. The zero-order chi connectivity index (χ0) is 18.4. The van der Waals surface area contributed by atoms with Crippen LogP contribution in [0.2, 0.25) is 0 Å². The molecule has 5 nitrogen and oxygen atoms in total. The van der Waals surface area contributed by atoms with Crippen molar-refractivity contribution in [3.05, 3.63) is 59.4 Å². The lowest BCUT2D eigenvalue weighted by atomic mass is 10.0. The molecular weight excluding hydrogens is 368 g/mol. The highest BCUT2D eigenvalue weighted by molar-refractivity contribution is 7.99. The molecule has 2 fully saturated rings. The first-order valence-electron chi connectivity index (χ1n) is 9.11. The van der Waals surface area contributed by atoms with Gasteiger partial charge in [0.15, 0.2) is 5.65 Å². The number of nitrogens with zero attached hydrogens (tertiary/aromatic N) is 4. The van der Waals surface area contributed by atoms with Crippen molar-refractivity contribution in [1.29, 1.82) is 0 Å². The smallest absolute Gasteiger partial charge is 0.162 e. The zero-order valence-electron chi connectivity index (χ0n) is 14.6. The second-order valence-electron chi connectivity index (χ2n) is 6.88. The van der Waals surface area contributed by atoms with Crippen molar-refractivity contribution in [3.8, 4) is 0 Å². The number of halogens is 2. The highest BCUT2D eigenvalue weighted by Gasteiger charge is 2.30. The number of aromatic nitrogens is 3. The van der Waals surface area contributed by atoms with E-state index < -0.39 is 5.82 Å². The van der Waals surface area contributed by atoms with Crippen molar-refractivity contribution < 1.29 is 8.78 Å². The highest BCUT2D eigenvalue weighted by Crippen LogP contribution is 2.38. The fourth-order valence-corrected chi connectivity index (χ4v) is 5.03. The molecule has 1 aromatic carbocycles. The molecule has 0 amide bonds. The Morgan fingerprint density at radius 1 is 1.19 bits per heavy atom. The Balaban J connectivity index is 1.54. The van der Waals surface area contributed by atoms with Gasteiger partial charge in [0, 0.05) is 36.2 Å². The van der Waals surface area contributed by atoms with Gasteiger partial charge in [0.05, 0.1) is 17.6 Å². The van der Waals surface area contributed by atoms with Crippen LogP contribution in [0.15, 0.2) is 36.7 Å². The predicted molar refractivity (Wildman–Crippen MR) is 102 cm³/mol. The molecule has 140 valence electrons. The van der Waals surface area contributed by atoms with Crippen LogP contribution in [0.5, 0.6) is 0 Å². The van der Waals surface area contributed by atoms with E-state index in [9.17, 15) is 8.78 Å². The molecule has 1 N–H and O–H groups in total. The van der Waals surface area contributed by atoms with E-state index in [1.165, 1.54) is 12.1 Å². The standard InChI is InChI=1S/C19H19F2N5S/c20-12-3-4-15(21)13(10-12)16-2-1-7-25(16)17-5-8-26-18(24-17)14(11-23-26)19-22-6-9-27-19/h3-5,8,10-11,16,19,22H,1-2,6-7,9H2/t16-,19-/m1/s1. The molecule has 2 saturated heterocycles. The predicted octanol–water partition coefficient (Wildman–Crippen LogP) is 3.68. The summed E-state index contributed by atoms with van der Waals surface area (Å²) in [5.74, 6) is 1.06. The van der Waals surface area contributed by atoms with Gasteiger partial charge in [-0.05, 0) is 37.1 Å². The number of hydrogen-bond acceptors (Lipinski definition) is 5. The Morgan fingerprint density at radius 2 is 2.11 bits per heavy atom. The van der Waals surface area contributed by atoms with Crippen LogP contribution in [0.1, 0.15) is 35.4 Å². The lowest BCUT2D eigenvalue weighted by Crippen LogP contribution is -2.24. The van der Waals surface area contributed by atoms with Gasteiger partial charge in [-0.3, -0.25) is 0 Å². The van der Waals surface area contributed by atoms with Gasteiger partial charge >= 0.3 is 0 Å². The summed E-state index contributed by atoms with van der Waals surface area (Å²) in [6.45, 7) is 1.74. The summed E-state index contributed by atoms with van der Waals surface area (Å²) >= 11 is 1.84. The number of rotatable bonds is 3. The normalized spacial score (nSPS) is 22.8. The minimum atomic E-state index is -0.413. The van der Waals surface area contributed by atoms with Crippen molar-refractivity contribution in [3.63, 3.8) is 0 Å². The minimum Gasteiger partial charge on any atom is -0.349 e. The third kappa shape index (κ3) is 2.96. The molecule has 2 aliphatic rings. The van der Waals surface area contributed by atoms with E-state index in [4.69, 9.17) is 4.98 Å². The fraction of sp³-hybridized carbons (Fsp3) is 0.368. The average Bonchev–Trinajstić information content (AvgIpc) is 3.42. The zero-order valence-corrected chi connectivity index (χ0v) is 15.4. The van der Waals surface area contributed by atoms with E-state index in [2.05, 4.69) is 15.3 Å². The number of fused-ring (bicyclic) bond motifs is 1. The molecule has 2 aliphatic heterocycles. The average molecular weight is 387 g/mol. The first-order valence-corrected chi connectivity index (χ1v) is 10.2. The first kappa shape index (κ1) is 16.9. The topological polar surface area (TPSA) is 45.5 Å². The van der Waals surface area contributed by atoms with E-state index in [-0.39, 0.29) is 17.2 Å². The molecule has 0 saturated carbocycles. The summed E-state index contributed by atoms with van der Waals surface area (Å²) in [6.07, 6.45) is 5.44. The Bertz CT molecular complexity index is 985. The van der Waals surface area contributed by atoms with E-state index in [1.807, 2.05) is 30.2 Å². The van der Waals surface area contributed by atoms with Gasteiger partial charge in [-0.15, -0.1) is 11.8 Å². The monoisotopic (exact) mass is 387 g/mol. The van der Waals surface area contributed by atoms with Crippen molar-refractivity contribution in [1.82, 2.24) is 19.9 Å². The van der Waals surface area contributed by atoms with Crippen LogP contribution >= 0.6 is 11.8 Å². The largest absolute Gasteiger partial charge is 0.349 e. The van der Waals surface area contributed by atoms with Gasteiger partial charge in [0.25, 0.3) is 0 Å². The van der Waals surface area contributed by atoms with Gasteiger partial charge in [-0.2, -0.15) is 5.10 Å². The lowest BCUT2D eigenvalue weighted by Gasteiger charge is -2.26. The molecule has 0 radical (unpaired) electrons. The lowest BCUT2D eigenvalue weighted by molar-refractivity contribution is 0.560. The molecule has 0 bridgehead atoms. The molecule has 4 heterocycles. The van der Waals surface area contributed by atoms with E-state index >= 15 is 0 Å². The Labute approximate surface area is 159 Å². The number of hydrogen-bond donors (Lipinski definition) is 1. The summed E-state index contributed by atoms with van der Waals surface area (Å²) in [7, 11) is 0. The van der Waals surface area contributed by atoms with Crippen LogP contribution in [-0.4, -0.2) is 33.4 Å². The van der Waals surface area contributed by atoms with Crippen LogP contribution in [0.25, 0.3) is 5.65 Å². The number of nitrogens with one attached hydrogen (secondary N) is 1. The third-order valence-electron chi connectivity index (χ3n) is 5.24. The molecule has 0 aliphatic carbocycles. The number of thioether (sulfide) groups is 1. The molecule has 8 heteroatoms. The van der Waals surface area contributed by atoms with Gasteiger partial charge in [-0.25, -0.2) is 18.3 Å². The summed E-state index contributed by atoms with van der Waals surface area (Å²) in [5, 5.41) is 8.05. The number of anilines is 1. The molecule has 5 rings (SSSR count). The fourth-order valence-electron chi connectivity index (χ4n) is 3.98. The van der Waals surface area contributed by atoms with Crippen LogP contribution in [0.4, 0.5) is 14.6 Å². The minimum absolute atomic E-state index is 0.195. The van der Waals surface area contributed by atoms with Crippen molar-refractivity contribution >= 4 is 23.2 Å². The van der Waals surface area contributed by atoms with Gasteiger partial charge in [0.2, 0.25) is 0 Å². The van der Waals surface area contributed by atoms with E-state index in [1.54, 1.807) is 4.52 Å². The Morgan fingerprint density at radius 3 is 2.96 bits per heavy atom. The second kappa shape index (κ2) is 6.76.